The first-order valence-electron chi connectivity index (χ1n) is 5.55. The molecular formula is C12H19NO2S. The summed E-state index contributed by atoms with van der Waals surface area (Å²) in [7, 11) is -3.08. The standard InChI is InChI=1S/C12H19NO2S/c1-3-11(16(14,15)4-2)12(13)10-8-6-5-7-9-10/h5-9,11-12H,3-4,13H2,1-2H3. The maximum atomic E-state index is 11.9. The first kappa shape index (κ1) is 13.2. The minimum atomic E-state index is -3.08. The molecule has 90 valence electrons. The lowest BCUT2D eigenvalue weighted by Crippen LogP contribution is -2.34. The number of sulfone groups is 1. The molecule has 0 saturated carbocycles. The maximum absolute atomic E-state index is 11.9. The summed E-state index contributed by atoms with van der Waals surface area (Å²) in [4.78, 5) is 0. The molecule has 0 saturated heterocycles. The van der Waals surface area contributed by atoms with E-state index in [4.69, 9.17) is 5.73 Å². The fourth-order valence-electron chi connectivity index (χ4n) is 1.84. The summed E-state index contributed by atoms with van der Waals surface area (Å²) in [5, 5.41) is -0.486. The molecule has 0 spiro atoms. The SMILES string of the molecule is CCC(C(N)c1ccccc1)S(=O)(=O)CC. The van der Waals surface area contributed by atoms with E-state index in [-0.39, 0.29) is 5.75 Å². The van der Waals surface area contributed by atoms with Crippen molar-refractivity contribution < 1.29 is 8.42 Å². The highest BCUT2D eigenvalue weighted by molar-refractivity contribution is 7.92. The third kappa shape index (κ3) is 2.83. The summed E-state index contributed by atoms with van der Waals surface area (Å²) in [6, 6.07) is 8.96. The molecule has 2 unspecified atom stereocenters. The normalized spacial score (nSPS) is 15.7. The topological polar surface area (TPSA) is 60.2 Å². The Labute approximate surface area is 97.6 Å². The van der Waals surface area contributed by atoms with Gasteiger partial charge in [0.2, 0.25) is 0 Å². The van der Waals surface area contributed by atoms with Gasteiger partial charge in [0.1, 0.15) is 0 Å². The minimum absolute atomic E-state index is 0.145. The molecule has 0 heterocycles. The smallest absolute Gasteiger partial charge is 0.154 e. The fraction of sp³-hybridized carbons (Fsp3) is 0.500. The van der Waals surface area contributed by atoms with Crippen molar-refractivity contribution in [3.8, 4) is 0 Å². The van der Waals surface area contributed by atoms with E-state index >= 15 is 0 Å². The predicted molar refractivity (Wildman–Crippen MR) is 66.9 cm³/mol. The number of benzene rings is 1. The lowest BCUT2D eigenvalue weighted by atomic mass is 10.0. The molecule has 16 heavy (non-hydrogen) atoms. The fourth-order valence-corrected chi connectivity index (χ4v) is 3.38. The van der Waals surface area contributed by atoms with Gasteiger partial charge < -0.3 is 5.73 Å². The predicted octanol–water partition coefficient (Wildman–Crippen LogP) is 1.90. The Hall–Kier alpha value is -0.870. The van der Waals surface area contributed by atoms with E-state index in [1.807, 2.05) is 37.3 Å². The second kappa shape index (κ2) is 5.46. The van der Waals surface area contributed by atoms with E-state index in [0.29, 0.717) is 6.42 Å². The third-order valence-electron chi connectivity index (χ3n) is 2.85. The molecule has 0 aliphatic carbocycles. The van der Waals surface area contributed by atoms with Gasteiger partial charge in [0.15, 0.2) is 9.84 Å². The van der Waals surface area contributed by atoms with Crippen LogP contribution in [0.2, 0.25) is 0 Å². The summed E-state index contributed by atoms with van der Waals surface area (Å²) in [6.45, 7) is 3.52. The Balaban J connectivity index is 2.99. The Kier molecular flexibility index (Phi) is 4.50. The van der Waals surface area contributed by atoms with Gasteiger partial charge in [-0.1, -0.05) is 44.2 Å². The van der Waals surface area contributed by atoms with E-state index in [1.54, 1.807) is 6.92 Å². The van der Waals surface area contributed by atoms with Gasteiger partial charge in [-0.05, 0) is 12.0 Å². The quantitative estimate of drug-likeness (QED) is 0.856. The molecule has 4 heteroatoms. The maximum Gasteiger partial charge on any atom is 0.154 e. The van der Waals surface area contributed by atoms with Crippen LogP contribution in [0.5, 0.6) is 0 Å². The van der Waals surface area contributed by atoms with Crippen molar-refractivity contribution in [1.82, 2.24) is 0 Å². The summed E-state index contributed by atoms with van der Waals surface area (Å²) in [5.74, 6) is 0.145. The van der Waals surface area contributed by atoms with Crippen LogP contribution in [0.25, 0.3) is 0 Å². The van der Waals surface area contributed by atoms with E-state index in [1.165, 1.54) is 0 Å². The van der Waals surface area contributed by atoms with Crippen LogP contribution in [0.15, 0.2) is 30.3 Å². The van der Waals surface area contributed by atoms with Gasteiger partial charge in [-0.25, -0.2) is 8.42 Å². The number of hydrogen-bond donors (Lipinski definition) is 1. The Morgan fingerprint density at radius 1 is 1.19 bits per heavy atom. The lowest BCUT2D eigenvalue weighted by Gasteiger charge is -2.22. The van der Waals surface area contributed by atoms with Gasteiger partial charge in [-0.15, -0.1) is 0 Å². The molecule has 0 fully saturated rings. The average molecular weight is 241 g/mol. The van der Waals surface area contributed by atoms with Crippen LogP contribution < -0.4 is 5.73 Å². The first-order chi connectivity index (χ1) is 7.53. The molecule has 0 aromatic heterocycles. The molecule has 2 N–H and O–H groups in total. The molecule has 1 aromatic rings. The van der Waals surface area contributed by atoms with Crippen molar-refractivity contribution in [2.45, 2.75) is 31.6 Å². The first-order valence-corrected chi connectivity index (χ1v) is 7.26. The largest absolute Gasteiger partial charge is 0.323 e. The minimum Gasteiger partial charge on any atom is -0.323 e. The Morgan fingerprint density at radius 2 is 1.75 bits per heavy atom. The molecule has 3 nitrogen and oxygen atoms in total. The monoisotopic (exact) mass is 241 g/mol. The van der Waals surface area contributed by atoms with Crippen LogP contribution in [0.4, 0.5) is 0 Å². The highest BCUT2D eigenvalue weighted by Gasteiger charge is 2.28. The van der Waals surface area contributed by atoms with Crippen LogP contribution in [0.3, 0.4) is 0 Å². The van der Waals surface area contributed by atoms with Crippen LogP contribution >= 0.6 is 0 Å². The molecule has 2 atom stereocenters. The van der Waals surface area contributed by atoms with E-state index < -0.39 is 21.1 Å². The second-order valence-electron chi connectivity index (χ2n) is 3.83. The van der Waals surface area contributed by atoms with Crippen LogP contribution in [0.1, 0.15) is 31.9 Å². The van der Waals surface area contributed by atoms with Gasteiger partial charge in [0.05, 0.1) is 5.25 Å². The van der Waals surface area contributed by atoms with E-state index in [0.717, 1.165) is 5.56 Å². The third-order valence-corrected chi connectivity index (χ3v) is 5.20. The van der Waals surface area contributed by atoms with Crippen molar-refractivity contribution in [2.24, 2.45) is 5.73 Å². The zero-order chi connectivity index (χ0) is 12.2. The van der Waals surface area contributed by atoms with Gasteiger partial charge in [0, 0.05) is 11.8 Å². The van der Waals surface area contributed by atoms with Crippen molar-refractivity contribution >= 4 is 9.84 Å². The van der Waals surface area contributed by atoms with Gasteiger partial charge >= 0.3 is 0 Å². The summed E-state index contributed by atoms with van der Waals surface area (Å²) < 4.78 is 23.7. The van der Waals surface area contributed by atoms with E-state index in [2.05, 4.69) is 0 Å². The molecule has 0 aliphatic heterocycles. The van der Waals surface area contributed by atoms with Crippen molar-refractivity contribution in [2.75, 3.05) is 5.75 Å². The average Bonchev–Trinajstić information content (AvgIpc) is 2.30. The van der Waals surface area contributed by atoms with E-state index in [9.17, 15) is 8.42 Å². The lowest BCUT2D eigenvalue weighted by molar-refractivity contribution is 0.549. The summed E-state index contributed by atoms with van der Waals surface area (Å²) in [6.07, 6.45) is 0.548. The molecule has 0 amide bonds. The molecule has 0 bridgehead atoms. The number of hydrogen-bond acceptors (Lipinski definition) is 3. The highest BCUT2D eigenvalue weighted by Crippen LogP contribution is 2.22. The Bertz CT molecular complexity index is 414. The number of nitrogens with two attached hydrogens (primary N) is 1. The zero-order valence-electron chi connectivity index (χ0n) is 9.76. The highest BCUT2D eigenvalue weighted by atomic mass is 32.2. The van der Waals surface area contributed by atoms with Gasteiger partial charge in [-0.3, -0.25) is 0 Å². The molecule has 0 radical (unpaired) electrons. The summed E-state index contributed by atoms with van der Waals surface area (Å²) in [5.41, 5.74) is 6.91. The van der Waals surface area contributed by atoms with Crippen molar-refractivity contribution in [3.05, 3.63) is 35.9 Å². The molecule has 1 rings (SSSR count). The molecular weight excluding hydrogens is 222 g/mol. The van der Waals surface area contributed by atoms with Crippen molar-refractivity contribution in [3.63, 3.8) is 0 Å². The van der Waals surface area contributed by atoms with Gasteiger partial charge in [-0.2, -0.15) is 0 Å². The zero-order valence-corrected chi connectivity index (χ0v) is 10.6. The number of rotatable bonds is 5. The molecule has 1 aromatic carbocycles. The van der Waals surface area contributed by atoms with Crippen LogP contribution in [0, 0.1) is 0 Å². The van der Waals surface area contributed by atoms with Crippen LogP contribution in [-0.4, -0.2) is 19.4 Å². The van der Waals surface area contributed by atoms with Gasteiger partial charge in [0.25, 0.3) is 0 Å². The summed E-state index contributed by atoms with van der Waals surface area (Å²) >= 11 is 0. The van der Waals surface area contributed by atoms with Crippen molar-refractivity contribution in [1.29, 1.82) is 0 Å². The Morgan fingerprint density at radius 3 is 2.19 bits per heavy atom. The molecule has 0 aliphatic rings. The van der Waals surface area contributed by atoms with Crippen LogP contribution in [-0.2, 0) is 9.84 Å². The second-order valence-corrected chi connectivity index (χ2v) is 6.34.